The molecule has 88 valence electrons. The summed E-state index contributed by atoms with van der Waals surface area (Å²) in [5.74, 6) is 0.580. The highest BCUT2D eigenvalue weighted by Crippen LogP contribution is 2.17. The Morgan fingerprint density at radius 2 is 2.12 bits per heavy atom. The molecule has 0 bridgehead atoms. The van der Waals surface area contributed by atoms with Gasteiger partial charge in [0.15, 0.2) is 5.88 Å². The van der Waals surface area contributed by atoms with Crippen molar-refractivity contribution < 1.29 is 5.11 Å². The molecule has 4 heteroatoms. The molecule has 4 nitrogen and oxygen atoms in total. The summed E-state index contributed by atoms with van der Waals surface area (Å²) in [6.45, 7) is 4.46. The Kier molecular flexibility index (Phi) is 3.29. The van der Waals surface area contributed by atoms with E-state index in [-0.39, 0.29) is 11.4 Å². The molecule has 0 saturated carbocycles. The predicted octanol–water partition coefficient (Wildman–Crippen LogP) is 0.862. The number of pyridine rings is 1. The molecule has 1 aromatic heterocycles. The van der Waals surface area contributed by atoms with E-state index >= 15 is 0 Å². The highest BCUT2D eigenvalue weighted by atomic mass is 16.3. The van der Waals surface area contributed by atoms with Crippen molar-refractivity contribution in [2.75, 3.05) is 13.1 Å². The molecule has 1 saturated heterocycles. The van der Waals surface area contributed by atoms with Crippen LogP contribution in [0.3, 0.4) is 0 Å². The first-order chi connectivity index (χ1) is 7.66. The first-order valence-corrected chi connectivity index (χ1v) is 5.78. The second-order valence-electron chi connectivity index (χ2n) is 4.53. The minimum Gasteiger partial charge on any atom is -0.494 e. The van der Waals surface area contributed by atoms with Gasteiger partial charge in [-0.2, -0.15) is 0 Å². The highest BCUT2D eigenvalue weighted by Gasteiger charge is 2.15. The van der Waals surface area contributed by atoms with Crippen LogP contribution in [0.4, 0.5) is 0 Å². The molecule has 0 radical (unpaired) electrons. The van der Waals surface area contributed by atoms with Crippen molar-refractivity contribution in [1.29, 1.82) is 0 Å². The Morgan fingerprint density at radius 3 is 2.75 bits per heavy atom. The van der Waals surface area contributed by atoms with Gasteiger partial charge in [0.25, 0.3) is 5.56 Å². The Bertz CT molecular complexity index is 420. The van der Waals surface area contributed by atoms with Crippen molar-refractivity contribution in [3.8, 4) is 5.88 Å². The molecule has 16 heavy (non-hydrogen) atoms. The topological polar surface area (TPSA) is 54.3 Å². The van der Waals surface area contributed by atoms with Gasteiger partial charge in [0.05, 0.1) is 0 Å². The lowest BCUT2D eigenvalue weighted by molar-refractivity contribution is 0.306. The van der Waals surface area contributed by atoms with E-state index in [2.05, 4.69) is 5.32 Å². The zero-order chi connectivity index (χ0) is 11.5. The lowest BCUT2D eigenvalue weighted by Gasteiger charge is -2.23. The molecule has 1 aromatic rings. The molecular weight excluding hydrogens is 204 g/mol. The van der Waals surface area contributed by atoms with Gasteiger partial charge in [-0.15, -0.1) is 0 Å². The summed E-state index contributed by atoms with van der Waals surface area (Å²) in [6.07, 6.45) is 2.14. The number of aromatic hydroxyl groups is 1. The number of piperidine rings is 1. The monoisotopic (exact) mass is 222 g/mol. The van der Waals surface area contributed by atoms with Gasteiger partial charge >= 0.3 is 0 Å². The number of aromatic nitrogens is 1. The number of rotatable bonds is 2. The van der Waals surface area contributed by atoms with Crippen LogP contribution >= 0.6 is 0 Å². The van der Waals surface area contributed by atoms with Crippen LogP contribution in [0.1, 0.15) is 18.4 Å². The van der Waals surface area contributed by atoms with Crippen molar-refractivity contribution in [3.05, 3.63) is 28.0 Å². The third kappa shape index (κ3) is 2.44. The summed E-state index contributed by atoms with van der Waals surface area (Å²) in [4.78, 5) is 11.7. The molecule has 2 rings (SSSR count). The Labute approximate surface area is 94.9 Å². The molecule has 0 aromatic carbocycles. The smallest absolute Gasteiger partial charge is 0.253 e. The van der Waals surface area contributed by atoms with E-state index in [0.29, 0.717) is 12.5 Å². The lowest BCUT2D eigenvalue weighted by Crippen LogP contribution is -2.32. The zero-order valence-electron chi connectivity index (χ0n) is 9.57. The molecule has 0 atom stereocenters. The van der Waals surface area contributed by atoms with E-state index in [1.54, 1.807) is 12.1 Å². The van der Waals surface area contributed by atoms with Crippen molar-refractivity contribution >= 4 is 0 Å². The second kappa shape index (κ2) is 4.70. The average molecular weight is 222 g/mol. The molecule has 1 aliphatic rings. The number of nitrogens with zero attached hydrogens (tertiary/aromatic N) is 1. The summed E-state index contributed by atoms with van der Waals surface area (Å²) in [7, 11) is 0. The Morgan fingerprint density at radius 1 is 1.44 bits per heavy atom. The van der Waals surface area contributed by atoms with E-state index in [9.17, 15) is 9.90 Å². The molecule has 0 unspecified atom stereocenters. The van der Waals surface area contributed by atoms with Crippen molar-refractivity contribution in [2.24, 2.45) is 5.92 Å². The standard InChI is InChI=1S/C12H18N2O2/c1-9-6-11(15)14(12(16)7-9)8-10-2-4-13-5-3-10/h6-7,10,13,15H,2-5,8H2,1H3. The summed E-state index contributed by atoms with van der Waals surface area (Å²) in [6, 6.07) is 3.21. The fourth-order valence-corrected chi connectivity index (χ4v) is 2.21. The third-order valence-electron chi connectivity index (χ3n) is 3.15. The maximum Gasteiger partial charge on any atom is 0.253 e. The fraction of sp³-hybridized carbons (Fsp3) is 0.583. The van der Waals surface area contributed by atoms with Gasteiger partial charge in [-0.25, -0.2) is 0 Å². The normalized spacial score (nSPS) is 17.6. The molecular formula is C12H18N2O2. The van der Waals surface area contributed by atoms with Gasteiger partial charge in [0.1, 0.15) is 0 Å². The quantitative estimate of drug-likeness (QED) is 0.780. The van der Waals surface area contributed by atoms with Crippen LogP contribution in [0.5, 0.6) is 5.88 Å². The van der Waals surface area contributed by atoms with Gasteiger partial charge in [-0.3, -0.25) is 9.36 Å². The summed E-state index contributed by atoms with van der Waals surface area (Å²) < 4.78 is 1.48. The highest BCUT2D eigenvalue weighted by molar-refractivity contribution is 5.19. The molecule has 1 fully saturated rings. The minimum atomic E-state index is -0.101. The van der Waals surface area contributed by atoms with Crippen LogP contribution in [0.2, 0.25) is 0 Å². The number of hydrogen-bond acceptors (Lipinski definition) is 3. The van der Waals surface area contributed by atoms with E-state index in [1.165, 1.54) is 4.57 Å². The van der Waals surface area contributed by atoms with Crippen LogP contribution in [0.25, 0.3) is 0 Å². The van der Waals surface area contributed by atoms with E-state index < -0.39 is 0 Å². The molecule has 2 N–H and O–H groups in total. The van der Waals surface area contributed by atoms with Crippen molar-refractivity contribution in [1.82, 2.24) is 9.88 Å². The molecule has 0 spiro atoms. The van der Waals surface area contributed by atoms with Crippen LogP contribution in [-0.4, -0.2) is 22.8 Å². The number of aryl methyl sites for hydroxylation is 1. The first kappa shape index (κ1) is 11.2. The van der Waals surface area contributed by atoms with Gasteiger partial charge < -0.3 is 10.4 Å². The maximum atomic E-state index is 11.7. The zero-order valence-corrected chi connectivity index (χ0v) is 9.57. The lowest BCUT2D eigenvalue weighted by atomic mass is 9.98. The first-order valence-electron chi connectivity index (χ1n) is 5.78. The SMILES string of the molecule is Cc1cc(O)n(CC2CCNCC2)c(=O)c1. The number of nitrogens with one attached hydrogen (secondary N) is 1. The van der Waals surface area contributed by atoms with E-state index in [0.717, 1.165) is 31.5 Å². The average Bonchev–Trinajstić information content (AvgIpc) is 2.25. The molecule has 0 aliphatic carbocycles. The van der Waals surface area contributed by atoms with Gasteiger partial charge in [0, 0.05) is 18.7 Å². The molecule has 2 heterocycles. The van der Waals surface area contributed by atoms with Crippen LogP contribution < -0.4 is 10.9 Å². The van der Waals surface area contributed by atoms with Crippen LogP contribution in [0, 0.1) is 12.8 Å². The van der Waals surface area contributed by atoms with Gasteiger partial charge in [-0.1, -0.05) is 0 Å². The summed E-state index contributed by atoms with van der Waals surface area (Å²) in [5, 5.41) is 13.0. The third-order valence-corrected chi connectivity index (χ3v) is 3.15. The minimum absolute atomic E-state index is 0.0866. The van der Waals surface area contributed by atoms with Crippen molar-refractivity contribution in [3.63, 3.8) is 0 Å². The van der Waals surface area contributed by atoms with Crippen LogP contribution in [0.15, 0.2) is 16.9 Å². The summed E-state index contributed by atoms with van der Waals surface area (Å²) in [5.41, 5.74) is 0.708. The van der Waals surface area contributed by atoms with Gasteiger partial charge in [0.2, 0.25) is 0 Å². The van der Waals surface area contributed by atoms with Crippen LogP contribution in [-0.2, 0) is 6.54 Å². The molecule has 0 amide bonds. The van der Waals surface area contributed by atoms with E-state index in [1.807, 2.05) is 6.92 Å². The largest absolute Gasteiger partial charge is 0.494 e. The van der Waals surface area contributed by atoms with Crippen molar-refractivity contribution in [2.45, 2.75) is 26.3 Å². The number of hydrogen-bond donors (Lipinski definition) is 2. The second-order valence-corrected chi connectivity index (χ2v) is 4.53. The maximum absolute atomic E-state index is 11.7. The fourth-order valence-electron chi connectivity index (χ4n) is 2.21. The Balaban J connectivity index is 2.17. The Hall–Kier alpha value is -1.29. The predicted molar refractivity (Wildman–Crippen MR) is 62.7 cm³/mol. The summed E-state index contributed by atoms with van der Waals surface area (Å²) >= 11 is 0. The van der Waals surface area contributed by atoms with E-state index in [4.69, 9.17) is 0 Å². The van der Waals surface area contributed by atoms with Gasteiger partial charge in [-0.05, 0) is 44.3 Å². The molecule has 1 aliphatic heterocycles.